The number of benzene rings is 2. The van der Waals surface area contributed by atoms with Crippen LogP contribution in [0.5, 0.6) is 11.5 Å². The lowest BCUT2D eigenvalue weighted by Crippen LogP contribution is -2.10. The van der Waals surface area contributed by atoms with Gasteiger partial charge in [0.2, 0.25) is 0 Å². The lowest BCUT2D eigenvalue weighted by atomic mass is 10.1. The van der Waals surface area contributed by atoms with Crippen molar-refractivity contribution in [2.24, 2.45) is 5.73 Å². The molecule has 0 aliphatic heterocycles. The Bertz CT molecular complexity index is 979. The molecule has 9 heteroatoms. The molecule has 1 aromatic heterocycles. The maximum atomic E-state index is 11.1. The summed E-state index contributed by atoms with van der Waals surface area (Å²) in [5, 5.41) is 28.8. The fourth-order valence-electron chi connectivity index (χ4n) is 2.34. The number of phenols is 1. The van der Waals surface area contributed by atoms with E-state index in [1.54, 1.807) is 18.2 Å². The normalized spacial score (nSPS) is 10.7. The van der Waals surface area contributed by atoms with Crippen LogP contribution in [0.1, 0.15) is 5.56 Å². The number of nitro benzene ring substituents is 1. The second-order valence-electron chi connectivity index (χ2n) is 5.03. The van der Waals surface area contributed by atoms with E-state index in [1.807, 2.05) is 0 Å². The van der Waals surface area contributed by atoms with Crippen molar-refractivity contribution >= 4 is 22.6 Å². The highest BCUT2D eigenvalue weighted by atomic mass is 16.6. The van der Waals surface area contributed by atoms with Crippen LogP contribution in [0, 0.1) is 15.5 Å². The minimum atomic E-state index is -0.581. The number of amidine groups is 1. The monoisotopic (exact) mass is 327 g/mol. The van der Waals surface area contributed by atoms with E-state index in [-0.39, 0.29) is 34.4 Å². The average Bonchev–Trinajstić information content (AvgIpc) is 2.97. The zero-order valence-electron chi connectivity index (χ0n) is 12.5. The highest BCUT2D eigenvalue weighted by Gasteiger charge is 2.20. The highest BCUT2D eigenvalue weighted by Crippen LogP contribution is 2.40. The van der Waals surface area contributed by atoms with Gasteiger partial charge >= 0.3 is 0 Å². The van der Waals surface area contributed by atoms with Gasteiger partial charge in [-0.3, -0.25) is 15.5 Å². The molecule has 0 spiro atoms. The molecule has 1 heterocycles. The number of aromatic nitrogens is 2. The number of non-ortho nitro benzene ring substituents is 1. The van der Waals surface area contributed by atoms with Crippen molar-refractivity contribution in [1.29, 1.82) is 5.41 Å². The first-order valence-electron chi connectivity index (χ1n) is 6.80. The Labute approximate surface area is 135 Å². The average molecular weight is 327 g/mol. The number of nitro groups is 1. The molecule has 0 amide bonds. The summed E-state index contributed by atoms with van der Waals surface area (Å²) in [7, 11) is 1.31. The van der Waals surface area contributed by atoms with E-state index < -0.39 is 4.92 Å². The third kappa shape index (κ3) is 2.47. The van der Waals surface area contributed by atoms with Gasteiger partial charge in [-0.05, 0) is 18.2 Å². The predicted molar refractivity (Wildman–Crippen MR) is 87.4 cm³/mol. The predicted octanol–water partition coefficient (Wildman–Crippen LogP) is 2.14. The molecule has 0 aliphatic carbocycles. The minimum Gasteiger partial charge on any atom is -0.504 e. The van der Waals surface area contributed by atoms with Crippen LogP contribution < -0.4 is 10.5 Å². The third-order valence-corrected chi connectivity index (χ3v) is 3.54. The number of ether oxygens (including phenoxy) is 1. The zero-order chi connectivity index (χ0) is 17.4. The molecule has 0 saturated heterocycles. The Kier molecular flexibility index (Phi) is 3.53. The number of hydrogen-bond acceptors (Lipinski definition) is 6. The number of aromatic amines is 1. The fourth-order valence-corrected chi connectivity index (χ4v) is 2.34. The first kappa shape index (κ1) is 15.3. The molecular weight excluding hydrogens is 314 g/mol. The Morgan fingerprint density at radius 1 is 1.42 bits per heavy atom. The summed E-state index contributed by atoms with van der Waals surface area (Å²) < 4.78 is 4.98. The largest absolute Gasteiger partial charge is 0.504 e. The van der Waals surface area contributed by atoms with E-state index in [2.05, 4.69) is 9.97 Å². The Hall–Kier alpha value is -3.62. The highest BCUT2D eigenvalue weighted by molar-refractivity contribution is 5.98. The summed E-state index contributed by atoms with van der Waals surface area (Å²) in [6.07, 6.45) is 0. The van der Waals surface area contributed by atoms with Crippen molar-refractivity contribution in [3.05, 3.63) is 46.0 Å². The van der Waals surface area contributed by atoms with E-state index in [4.69, 9.17) is 15.9 Å². The molecule has 2 aromatic carbocycles. The number of rotatable bonds is 4. The van der Waals surface area contributed by atoms with Crippen LogP contribution in [0.25, 0.3) is 22.4 Å². The molecule has 0 bridgehead atoms. The Balaban J connectivity index is 2.21. The van der Waals surface area contributed by atoms with E-state index in [0.717, 1.165) is 6.07 Å². The SMILES string of the molecule is COc1cc([N+](=O)[O-])cc(-c2nc3ccc(C(=N)N)cc3[nH]2)c1O. The molecule has 24 heavy (non-hydrogen) atoms. The molecule has 122 valence electrons. The summed E-state index contributed by atoms with van der Waals surface area (Å²) >= 11 is 0. The molecule has 0 fully saturated rings. The zero-order valence-corrected chi connectivity index (χ0v) is 12.5. The van der Waals surface area contributed by atoms with Crippen molar-refractivity contribution in [2.45, 2.75) is 0 Å². The lowest BCUT2D eigenvalue weighted by molar-refractivity contribution is -0.384. The molecule has 0 radical (unpaired) electrons. The van der Waals surface area contributed by atoms with Gasteiger partial charge in [-0.15, -0.1) is 0 Å². The first-order chi connectivity index (χ1) is 11.4. The van der Waals surface area contributed by atoms with Crippen LogP contribution in [0.2, 0.25) is 0 Å². The number of fused-ring (bicyclic) bond motifs is 1. The van der Waals surface area contributed by atoms with E-state index in [0.29, 0.717) is 16.6 Å². The summed E-state index contributed by atoms with van der Waals surface area (Å²) in [6, 6.07) is 7.29. The number of methoxy groups -OCH3 is 1. The van der Waals surface area contributed by atoms with Crippen molar-refractivity contribution in [3.63, 3.8) is 0 Å². The van der Waals surface area contributed by atoms with Gasteiger partial charge in [-0.1, -0.05) is 0 Å². The summed E-state index contributed by atoms with van der Waals surface area (Å²) in [6.45, 7) is 0. The Morgan fingerprint density at radius 3 is 2.79 bits per heavy atom. The van der Waals surface area contributed by atoms with E-state index in [1.165, 1.54) is 13.2 Å². The maximum absolute atomic E-state index is 11.1. The van der Waals surface area contributed by atoms with Gasteiger partial charge in [0, 0.05) is 11.6 Å². The molecule has 9 nitrogen and oxygen atoms in total. The van der Waals surface area contributed by atoms with Crippen molar-refractivity contribution < 1.29 is 14.8 Å². The number of nitrogens with one attached hydrogen (secondary N) is 2. The van der Waals surface area contributed by atoms with Crippen LogP contribution in [0.4, 0.5) is 5.69 Å². The van der Waals surface area contributed by atoms with Crippen LogP contribution >= 0.6 is 0 Å². The van der Waals surface area contributed by atoms with Crippen LogP contribution in [-0.2, 0) is 0 Å². The standard InChI is InChI=1S/C15H13N5O4/c1-24-12-6-8(20(22)23)5-9(13(12)21)15-18-10-3-2-7(14(16)17)4-11(10)19-15/h2-6,21H,1H3,(H3,16,17)(H,18,19). The van der Waals surface area contributed by atoms with Gasteiger partial charge in [-0.2, -0.15) is 0 Å². The van der Waals surface area contributed by atoms with Gasteiger partial charge in [0.1, 0.15) is 11.7 Å². The topological polar surface area (TPSA) is 151 Å². The quantitative estimate of drug-likeness (QED) is 0.249. The Morgan fingerprint density at radius 2 is 2.17 bits per heavy atom. The fraction of sp³-hybridized carbons (Fsp3) is 0.0667. The molecular formula is C15H13N5O4. The smallest absolute Gasteiger partial charge is 0.274 e. The van der Waals surface area contributed by atoms with Gasteiger partial charge < -0.3 is 20.6 Å². The maximum Gasteiger partial charge on any atom is 0.274 e. The molecule has 5 N–H and O–H groups in total. The number of aromatic hydroxyl groups is 1. The summed E-state index contributed by atoms with van der Waals surface area (Å²) in [5.74, 6) is -0.129. The van der Waals surface area contributed by atoms with Crippen LogP contribution in [-0.4, -0.2) is 32.9 Å². The van der Waals surface area contributed by atoms with E-state index >= 15 is 0 Å². The van der Waals surface area contributed by atoms with Gasteiger partial charge in [0.25, 0.3) is 5.69 Å². The van der Waals surface area contributed by atoms with E-state index in [9.17, 15) is 15.2 Å². The van der Waals surface area contributed by atoms with Crippen LogP contribution in [0.15, 0.2) is 30.3 Å². The molecule has 0 unspecified atom stereocenters. The number of hydrogen-bond donors (Lipinski definition) is 4. The minimum absolute atomic E-state index is 0.0240. The second-order valence-corrected chi connectivity index (χ2v) is 5.03. The summed E-state index contributed by atoms with van der Waals surface area (Å²) in [4.78, 5) is 17.8. The number of nitrogens with zero attached hydrogens (tertiary/aromatic N) is 2. The van der Waals surface area contributed by atoms with Crippen LogP contribution in [0.3, 0.4) is 0 Å². The molecule has 3 aromatic rings. The van der Waals surface area contributed by atoms with Gasteiger partial charge in [0.15, 0.2) is 11.5 Å². The van der Waals surface area contributed by atoms with Gasteiger partial charge in [-0.25, -0.2) is 4.98 Å². The number of nitrogen functional groups attached to an aromatic ring is 1. The number of phenolic OH excluding ortho intramolecular Hbond substituents is 1. The molecule has 3 rings (SSSR count). The number of nitrogens with two attached hydrogens (primary N) is 1. The molecule has 0 saturated carbocycles. The molecule has 0 atom stereocenters. The first-order valence-corrected chi connectivity index (χ1v) is 6.80. The third-order valence-electron chi connectivity index (χ3n) is 3.54. The second kappa shape index (κ2) is 5.54. The number of imidazole rings is 1. The molecule has 0 aliphatic rings. The van der Waals surface area contributed by atoms with Gasteiger partial charge in [0.05, 0.1) is 34.7 Å². The lowest BCUT2D eigenvalue weighted by Gasteiger charge is -2.07. The summed E-state index contributed by atoms with van der Waals surface area (Å²) in [5.41, 5.74) is 7.03. The number of H-pyrrole nitrogens is 1. The van der Waals surface area contributed by atoms with Crippen molar-refractivity contribution in [2.75, 3.05) is 7.11 Å². The van der Waals surface area contributed by atoms with Crippen molar-refractivity contribution in [3.8, 4) is 22.9 Å². The van der Waals surface area contributed by atoms with Crippen molar-refractivity contribution in [1.82, 2.24) is 9.97 Å².